The van der Waals surface area contributed by atoms with Gasteiger partial charge in [-0.05, 0) is 17.5 Å². The first-order chi connectivity index (χ1) is 16.2. The molecule has 1 aliphatic rings. The zero-order chi connectivity index (χ0) is 23.0. The second-order valence-corrected chi connectivity index (χ2v) is 8.45. The molecule has 3 aromatic carbocycles. The second kappa shape index (κ2) is 11.3. The number of rotatable bonds is 8. The number of halogens is 1. The molecule has 4 atom stereocenters. The second-order valence-electron chi connectivity index (χ2n) is 8.45. The standard InChI is InChI=1S/C29H31FO3/c1-3-25-21(2)27(31-19-22-13-7-4-8-14-22)29(32-20-23-15-9-5-10-16-23)28(33-25)26(30)24-17-11-6-12-18-24/h4-18,21,25,27,29H,3,19-20H2,1-2H3/b28-26-/t21?,25-,27+,29-/m1/s1. The molecule has 0 saturated carbocycles. The Morgan fingerprint density at radius 2 is 1.30 bits per heavy atom. The van der Waals surface area contributed by atoms with Crippen LogP contribution in [0.1, 0.15) is 37.0 Å². The maximum Gasteiger partial charge on any atom is 0.170 e. The largest absolute Gasteiger partial charge is 0.488 e. The van der Waals surface area contributed by atoms with E-state index in [2.05, 4.69) is 13.8 Å². The smallest absolute Gasteiger partial charge is 0.170 e. The van der Waals surface area contributed by atoms with Crippen molar-refractivity contribution in [3.05, 3.63) is 113 Å². The molecule has 0 N–H and O–H groups in total. The summed E-state index contributed by atoms with van der Waals surface area (Å²) in [4.78, 5) is 0. The molecule has 0 radical (unpaired) electrons. The molecule has 1 aliphatic heterocycles. The summed E-state index contributed by atoms with van der Waals surface area (Å²) in [7, 11) is 0. The zero-order valence-electron chi connectivity index (χ0n) is 19.2. The SMILES string of the molecule is CC[C@H]1O/C(=C(\F)c2ccccc2)[C@H](OCc2ccccc2)[C@@H](OCc2ccccc2)C1C. The Kier molecular flexibility index (Phi) is 7.92. The average molecular weight is 447 g/mol. The summed E-state index contributed by atoms with van der Waals surface area (Å²) in [6, 6.07) is 28.9. The number of hydrogen-bond donors (Lipinski definition) is 0. The summed E-state index contributed by atoms with van der Waals surface area (Å²) >= 11 is 0. The first-order valence-corrected chi connectivity index (χ1v) is 11.6. The van der Waals surface area contributed by atoms with Crippen molar-refractivity contribution in [3.63, 3.8) is 0 Å². The lowest BCUT2D eigenvalue weighted by Gasteiger charge is -2.42. The Hall–Kier alpha value is -2.95. The van der Waals surface area contributed by atoms with Crippen molar-refractivity contribution in [2.24, 2.45) is 5.92 Å². The summed E-state index contributed by atoms with van der Waals surface area (Å²) in [5.41, 5.74) is 2.57. The van der Waals surface area contributed by atoms with Gasteiger partial charge in [-0.2, -0.15) is 0 Å². The summed E-state index contributed by atoms with van der Waals surface area (Å²) < 4.78 is 34.8. The molecule has 0 amide bonds. The normalized spacial score (nSPS) is 24.2. The van der Waals surface area contributed by atoms with Gasteiger partial charge in [-0.1, -0.05) is 105 Å². The van der Waals surface area contributed by atoms with Gasteiger partial charge in [0.25, 0.3) is 0 Å². The van der Waals surface area contributed by atoms with E-state index in [1.807, 2.05) is 78.9 Å². The van der Waals surface area contributed by atoms with E-state index in [4.69, 9.17) is 14.2 Å². The third-order valence-electron chi connectivity index (χ3n) is 6.14. The Morgan fingerprint density at radius 1 is 0.788 bits per heavy atom. The van der Waals surface area contributed by atoms with Crippen LogP contribution < -0.4 is 0 Å². The monoisotopic (exact) mass is 446 g/mol. The van der Waals surface area contributed by atoms with E-state index in [1.54, 1.807) is 12.1 Å². The van der Waals surface area contributed by atoms with E-state index in [-0.39, 0.29) is 23.9 Å². The number of hydrogen-bond acceptors (Lipinski definition) is 3. The van der Waals surface area contributed by atoms with Gasteiger partial charge in [-0.15, -0.1) is 0 Å². The van der Waals surface area contributed by atoms with Crippen LogP contribution in [-0.4, -0.2) is 18.3 Å². The minimum atomic E-state index is -0.660. The van der Waals surface area contributed by atoms with Crippen LogP contribution in [0.2, 0.25) is 0 Å². The quantitative estimate of drug-likeness (QED) is 0.375. The van der Waals surface area contributed by atoms with Gasteiger partial charge in [0, 0.05) is 11.5 Å². The summed E-state index contributed by atoms with van der Waals surface area (Å²) in [5.74, 6) is -0.140. The molecule has 0 aromatic heterocycles. The molecule has 4 rings (SSSR count). The zero-order valence-corrected chi connectivity index (χ0v) is 19.2. The first-order valence-electron chi connectivity index (χ1n) is 11.6. The fourth-order valence-electron chi connectivity index (χ4n) is 4.27. The molecule has 33 heavy (non-hydrogen) atoms. The number of ether oxygens (including phenoxy) is 3. The van der Waals surface area contributed by atoms with Gasteiger partial charge in [0.15, 0.2) is 11.6 Å². The van der Waals surface area contributed by atoms with Gasteiger partial charge in [0.1, 0.15) is 12.2 Å². The van der Waals surface area contributed by atoms with E-state index in [1.165, 1.54) is 0 Å². The minimum absolute atomic E-state index is 0.0341. The van der Waals surface area contributed by atoms with Crippen molar-refractivity contribution in [2.45, 2.75) is 51.8 Å². The molecular weight excluding hydrogens is 415 g/mol. The lowest BCUT2D eigenvalue weighted by molar-refractivity contribution is -0.167. The Balaban J connectivity index is 1.67. The van der Waals surface area contributed by atoms with Crippen molar-refractivity contribution in [1.29, 1.82) is 0 Å². The third kappa shape index (κ3) is 5.70. The van der Waals surface area contributed by atoms with Gasteiger partial charge in [-0.3, -0.25) is 0 Å². The minimum Gasteiger partial charge on any atom is -0.488 e. The maximum absolute atomic E-state index is 15.8. The Labute approximate surface area is 195 Å². The van der Waals surface area contributed by atoms with E-state index in [9.17, 15) is 0 Å². The lowest BCUT2D eigenvalue weighted by Crippen LogP contribution is -2.49. The average Bonchev–Trinajstić information content (AvgIpc) is 2.88. The van der Waals surface area contributed by atoms with Crippen molar-refractivity contribution in [3.8, 4) is 0 Å². The highest BCUT2D eigenvalue weighted by Gasteiger charge is 2.44. The van der Waals surface area contributed by atoms with Gasteiger partial charge >= 0.3 is 0 Å². The van der Waals surface area contributed by atoms with Gasteiger partial charge in [0.05, 0.1) is 19.3 Å². The van der Waals surface area contributed by atoms with Crippen molar-refractivity contribution in [1.82, 2.24) is 0 Å². The highest BCUT2D eigenvalue weighted by molar-refractivity contribution is 5.62. The predicted octanol–water partition coefficient (Wildman–Crippen LogP) is 6.94. The predicted molar refractivity (Wildman–Crippen MR) is 129 cm³/mol. The van der Waals surface area contributed by atoms with Crippen LogP contribution in [0.4, 0.5) is 4.39 Å². The van der Waals surface area contributed by atoms with Crippen LogP contribution in [-0.2, 0) is 27.4 Å². The molecule has 0 spiro atoms. The number of benzene rings is 3. The molecule has 1 saturated heterocycles. The molecule has 1 heterocycles. The maximum atomic E-state index is 15.8. The van der Waals surface area contributed by atoms with Crippen molar-refractivity contribution < 1.29 is 18.6 Å². The topological polar surface area (TPSA) is 27.7 Å². The molecular formula is C29H31FO3. The molecule has 172 valence electrons. The fraction of sp³-hybridized carbons (Fsp3) is 0.310. The van der Waals surface area contributed by atoms with Crippen LogP contribution in [0.3, 0.4) is 0 Å². The Morgan fingerprint density at radius 3 is 1.85 bits per heavy atom. The molecule has 1 unspecified atom stereocenters. The lowest BCUT2D eigenvalue weighted by atomic mass is 9.87. The van der Waals surface area contributed by atoms with Crippen LogP contribution in [0.25, 0.3) is 5.83 Å². The van der Waals surface area contributed by atoms with E-state index >= 15 is 4.39 Å². The highest BCUT2D eigenvalue weighted by atomic mass is 19.1. The molecule has 3 aromatic rings. The summed E-state index contributed by atoms with van der Waals surface area (Å²) in [5, 5.41) is 0. The van der Waals surface area contributed by atoms with Crippen molar-refractivity contribution in [2.75, 3.05) is 0 Å². The van der Waals surface area contributed by atoms with Crippen LogP contribution >= 0.6 is 0 Å². The van der Waals surface area contributed by atoms with E-state index < -0.39 is 11.9 Å². The third-order valence-corrected chi connectivity index (χ3v) is 6.14. The summed E-state index contributed by atoms with van der Waals surface area (Å²) in [6.45, 7) is 4.92. The van der Waals surface area contributed by atoms with Gasteiger partial charge in [-0.25, -0.2) is 4.39 Å². The first kappa shape index (κ1) is 23.2. The Bertz CT molecular complexity index is 1020. The molecule has 0 aliphatic carbocycles. The van der Waals surface area contributed by atoms with E-state index in [0.717, 1.165) is 17.5 Å². The van der Waals surface area contributed by atoms with Crippen LogP contribution in [0, 0.1) is 5.92 Å². The van der Waals surface area contributed by atoms with Crippen LogP contribution in [0.5, 0.6) is 0 Å². The molecule has 0 bridgehead atoms. The van der Waals surface area contributed by atoms with Gasteiger partial charge < -0.3 is 14.2 Å². The fourth-order valence-corrected chi connectivity index (χ4v) is 4.27. The van der Waals surface area contributed by atoms with Gasteiger partial charge in [0.2, 0.25) is 0 Å². The summed E-state index contributed by atoms with van der Waals surface area (Å²) in [6.07, 6.45) is -0.417. The highest BCUT2D eigenvalue weighted by Crippen LogP contribution is 2.38. The molecule has 1 fully saturated rings. The van der Waals surface area contributed by atoms with Crippen molar-refractivity contribution >= 4 is 5.83 Å². The molecule has 4 heteroatoms. The van der Waals surface area contributed by atoms with E-state index in [0.29, 0.717) is 18.8 Å². The molecule has 3 nitrogen and oxygen atoms in total. The van der Waals surface area contributed by atoms with Crippen LogP contribution in [0.15, 0.2) is 96.8 Å².